The van der Waals surface area contributed by atoms with Crippen LogP contribution in [0.25, 0.3) is 33.5 Å². The number of oxazole rings is 1. The Morgan fingerprint density at radius 3 is 2.20 bits per heavy atom. The van der Waals surface area contributed by atoms with Gasteiger partial charge in [0.05, 0.1) is 14.9 Å². The highest BCUT2D eigenvalue weighted by atomic mass is 35.5. The van der Waals surface area contributed by atoms with Crippen molar-refractivity contribution in [1.29, 1.82) is 0 Å². The first-order chi connectivity index (χ1) is 19.1. The van der Waals surface area contributed by atoms with Crippen molar-refractivity contribution in [1.82, 2.24) is 4.98 Å². The number of thiophene rings is 1. The number of rotatable bonds is 7. The first-order valence-electron chi connectivity index (χ1n) is 11.4. The normalized spacial score (nSPS) is 12.1. The summed E-state index contributed by atoms with van der Waals surface area (Å²) in [5.74, 6) is 0.269. The fourth-order valence-electron chi connectivity index (χ4n) is 3.87. The van der Waals surface area contributed by atoms with Crippen LogP contribution in [0.3, 0.4) is 0 Å². The predicted molar refractivity (Wildman–Crippen MR) is 153 cm³/mol. The highest BCUT2D eigenvalue weighted by Gasteiger charge is 2.18. The van der Waals surface area contributed by atoms with Crippen molar-refractivity contribution in [2.24, 2.45) is 0 Å². The lowest BCUT2D eigenvalue weighted by Crippen LogP contribution is -2.12. The molecule has 2 N–H and O–H groups in total. The molecule has 6 rings (SSSR count). The zero-order valence-electron chi connectivity index (χ0n) is 20.0. The minimum absolute atomic E-state index is 0.00678. The molecule has 0 atom stereocenters. The molecule has 0 bridgehead atoms. The molecule has 0 unspecified atom stereocenters. The third kappa shape index (κ3) is 5.19. The van der Waals surface area contributed by atoms with E-state index < -0.39 is 25.7 Å². The molecule has 3 heterocycles. The van der Waals surface area contributed by atoms with Crippen LogP contribution in [0.4, 0.5) is 11.4 Å². The van der Waals surface area contributed by atoms with E-state index in [2.05, 4.69) is 14.4 Å². The maximum Gasteiger partial charge on any atom is 0.336 e. The van der Waals surface area contributed by atoms with Crippen molar-refractivity contribution >= 4 is 76.4 Å². The van der Waals surface area contributed by atoms with Gasteiger partial charge in [0, 0.05) is 22.7 Å². The van der Waals surface area contributed by atoms with Gasteiger partial charge in [0.15, 0.2) is 5.58 Å². The van der Waals surface area contributed by atoms with E-state index in [1.54, 1.807) is 36.4 Å². The van der Waals surface area contributed by atoms with Crippen molar-refractivity contribution in [3.63, 3.8) is 0 Å². The standard InChI is InChI=1S/C26H16ClN3O7S3/c27-23-10-12-25(38-23)40(34,35)29-17-4-1-15(2-5-17)26-28-20-14-18(6-8-22(20)37-26)30-39(32,33)19-7-9-21-16(13-19)3-11-24(31)36-21/h1-14,29-30H. The average Bonchev–Trinajstić information content (AvgIpc) is 3.55. The van der Waals surface area contributed by atoms with E-state index >= 15 is 0 Å². The van der Waals surface area contributed by atoms with Crippen molar-refractivity contribution in [3.05, 3.63) is 99.7 Å². The quantitative estimate of drug-likeness (QED) is 0.211. The van der Waals surface area contributed by atoms with Crippen LogP contribution in [-0.4, -0.2) is 21.8 Å². The second kappa shape index (κ2) is 9.78. The highest BCUT2D eigenvalue weighted by molar-refractivity contribution is 7.94. The molecule has 0 aliphatic heterocycles. The average molecular weight is 614 g/mol. The lowest BCUT2D eigenvalue weighted by molar-refractivity contribution is 0.560. The summed E-state index contributed by atoms with van der Waals surface area (Å²) in [5.41, 5.74) is 1.79. The number of fused-ring (bicyclic) bond motifs is 2. The Morgan fingerprint density at radius 2 is 1.45 bits per heavy atom. The molecular formula is C26H16ClN3O7S3. The van der Waals surface area contributed by atoms with Crippen molar-refractivity contribution in [3.8, 4) is 11.5 Å². The van der Waals surface area contributed by atoms with E-state index in [9.17, 15) is 21.6 Å². The Morgan fingerprint density at radius 1 is 0.725 bits per heavy atom. The summed E-state index contributed by atoms with van der Waals surface area (Å²) < 4.78 is 67.4. The maximum absolute atomic E-state index is 13.0. The number of hydrogen-bond donors (Lipinski definition) is 2. The van der Waals surface area contributed by atoms with Gasteiger partial charge in [-0.3, -0.25) is 9.44 Å². The third-order valence-corrected chi connectivity index (χ3v) is 10.2. The summed E-state index contributed by atoms with van der Waals surface area (Å²) in [4.78, 5) is 15.8. The van der Waals surface area contributed by atoms with Crippen LogP contribution in [0, 0.1) is 0 Å². The van der Waals surface area contributed by atoms with Crippen molar-refractivity contribution in [2.75, 3.05) is 9.44 Å². The van der Waals surface area contributed by atoms with Gasteiger partial charge in [-0.15, -0.1) is 11.3 Å². The van der Waals surface area contributed by atoms with Gasteiger partial charge >= 0.3 is 5.63 Å². The van der Waals surface area contributed by atoms with E-state index in [0.717, 1.165) is 11.3 Å². The predicted octanol–water partition coefficient (Wildman–Crippen LogP) is 5.92. The number of aromatic nitrogens is 1. The number of anilines is 2. The maximum atomic E-state index is 13.0. The molecule has 10 nitrogen and oxygen atoms in total. The zero-order valence-corrected chi connectivity index (χ0v) is 23.2. The summed E-state index contributed by atoms with van der Waals surface area (Å²) in [6.45, 7) is 0. The van der Waals surface area contributed by atoms with E-state index in [4.69, 9.17) is 20.4 Å². The Kier molecular flexibility index (Phi) is 6.38. The smallest absolute Gasteiger partial charge is 0.336 e. The van der Waals surface area contributed by atoms with Gasteiger partial charge in [-0.2, -0.15) is 0 Å². The van der Waals surface area contributed by atoms with Gasteiger partial charge in [0.2, 0.25) is 5.89 Å². The monoisotopic (exact) mass is 613 g/mol. The van der Waals surface area contributed by atoms with E-state index in [-0.39, 0.29) is 26.3 Å². The second-order valence-electron chi connectivity index (χ2n) is 8.50. The van der Waals surface area contributed by atoms with Gasteiger partial charge in [0.25, 0.3) is 20.0 Å². The fraction of sp³-hybridized carbons (Fsp3) is 0. The number of nitrogens with one attached hydrogen (secondary N) is 2. The molecular weight excluding hydrogens is 598 g/mol. The summed E-state index contributed by atoms with van der Waals surface area (Å²) >= 11 is 6.80. The molecule has 40 heavy (non-hydrogen) atoms. The van der Waals surface area contributed by atoms with Crippen LogP contribution in [-0.2, 0) is 20.0 Å². The molecule has 3 aromatic carbocycles. The topological polar surface area (TPSA) is 149 Å². The van der Waals surface area contributed by atoms with Crippen LogP contribution >= 0.6 is 22.9 Å². The zero-order chi connectivity index (χ0) is 28.1. The Bertz CT molecular complexity index is 2190. The first-order valence-corrected chi connectivity index (χ1v) is 15.6. The van der Waals surface area contributed by atoms with E-state index in [0.29, 0.717) is 32.1 Å². The molecule has 202 valence electrons. The first kappa shape index (κ1) is 26.1. The highest BCUT2D eigenvalue weighted by Crippen LogP contribution is 2.30. The number of nitrogens with zero attached hydrogens (tertiary/aromatic N) is 1. The summed E-state index contributed by atoms with van der Waals surface area (Å²) in [7, 11) is -7.73. The van der Waals surface area contributed by atoms with Crippen molar-refractivity contribution in [2.45, 2.75) is 9.10 Å². The SMILES string of the molecule is O=c1ccc2cc(S(=O)(=O)Nc3ccc4oc(-c5ccc(NS(=O)(=O)c6ccc(Cl)s6)cc5)nc4c3)ccc2o1. The van der Waals surface area contributed by atoms with Gasteiger partial charge in [-0.05, 0) is 78.9 Å². The molecule has 3 aromatic heterocycles. The number of halogens is 1. The Balaban J connectivity index is 1.22. The molecule has 0 fully saturated rings. The molecule has 0 saturated heterocycles. The molecule has 0 radical (unpaired) electrons. The summed E-state index contributed by atoms with van der Waals surface area (Å²) in [5, 5.41) is 0.466. The molecule has 0 amide bonds. The van der Waals surface area contributed by atoms with E-state index in [1.807, 2.05) is 0 Å². The lowest BCUT2D eigenvalue weighted by atomic mass is 10.2. The molecule has 0 aliphatic rings. The summed E-state index contributed by atoms with van der Waals surface area (Å²) in [6, 6.07) is 20.9. The minimum atomic E-state index is -3.96. The fourth-order valence-corrected chi connectivity index (χ4v) is 7.50. The number of sulfonamides is 2. The van der Waals surface area contributed by atoms with Gasteiger partial charge in [-0.1, -0.05) is 11.6 Å². The third-order valence-electron chi connectivity index (χ3n) is 5.74. The molecule has 0 spiro atoms. The van der Waals surface area contributed by atoms with Gasteiger partial charge in [-0.25, -0.2) is 26.6 Å². The van der Waals surface area contributed by atoms with Crippen LogP contribution < -0.4 is 15.1 Å². The Labute approximate surface area is 236 Å². The molecule has 0 aliphatic carbocycles. The van der Waals surface area contributed by atoms with Crippen LogP contribution in [0.2, 0.25) is 4.34 Å². The number of hydrogen-bond acceptors (Lipinski definition) is 9. The molecule has 6 aromatic rings. The van der Waals surface area contributed by atoms with Crippen LogP contribution in [0.15, 0.2) is 108 Å². The van der Waals surface area contributed by atoms with Crippen LogP contribution in [0.1, 0.15) is 0 Å². The minimum Gasteiger partial charge on any atom is -0.436 e. The van der Waals surface area contributed by atoms with Crippen molar-refractivity contribution < 1.29 is 25.7 Å². The summed E-state index contributed by atoms with van der Waals surface area (Å²) in [6.07, 6.45) is 0. The lowest BCUT2D eigenvalue weighted by Gasteiger charge is -2.08. The van der Waals surface area contributed by atoms with Gasteiger partial charge < -0.3 is 8.83 Å². The Hall–Kier alpha value is -4.17. The van der Waals surface area contributed by atoms with Crippen LogP contribution in [0.5, 0.6) is 0 Å². The molecule has 14 heteroatoms. The molecule has 0 saturated carbocycles. The second-order valence-corrected chi connectivity index (χ2v) is 13.8. The van der Waals surface area contributed by atoms with E-state index in [1.165, 1.54) is 48.5 Å². The van der Waals surface area contributed by atoms with Gasteiger partial charge in [0.1, 0.15) is 15.3 Å². The number of benzene rings is 3. The largest absolute Gasteiger partial charge is 0.436 e.